The van der Waals surface area contributed by atoms with Crippen LogP contribution in [0.2, 0.25) is 0 Å². The van der Waals surface area contributed by atoms with Crippen LogP contribution in [0.5, 0.6) is 0 Å². The maximum absolute atomic E-state index is 12.3. The van der Waals surface area contributed by atoms with Crippen molar-refractivity contribution in [3.05, 3.63) is 46.8 Å². The van der Waals surface area contributed by atoms with Gasteiger partial charge in [-0.1, -0.05) is 29.4 Å². The van der Waals surface area contributed by atoms with Gasteiger partial charge in [-0.25, -0.2) is 13.1 Å². The van der Waals surface area contributed by atoms with E-state index in [1.807, 2.05) is 0 Å². The zero-order valence-electron chi connectivity index (χ0n) is 13.3. The van der Waals surface area contributed by atoms with Gasteiger partial charge >= 0.3 is 5.97 Å². The molecule has 1 atom stereocenters. The SMILES string of the molecule is Cc1noc(C)c1S(=O)(=O)NCc1ccc(CC(N)C(=O)O)cc1. The molecule has 2 rings (SSSR count). The highest BCUT2D eigenvalue weighted by atomic mass is 32.2. The number of hydrogen-bond donors (Lipinski definition) is 3. The number of benzene rings is 1. The van der Waals surface area contributed by atoms with Crippen LogP contribution < -0.4 is 10.5 Å². The Morgan fingerprint density at radius 1 is 1.29 bits per heavy atom. The van der Waals surface area contributed by atoms with Gasteiger partial charge in [0.1, 0.15) is 16.6 Å². The first kappa shape index (κ1) is 18.1. The molecule has 1 unspecified atom stereocenters. The van der Waals surface area contributed by atoms with Gasteiger partial charge in [0.2, 0.25) is 10.0 Å². The summed E-state index contributed by atoms with van der Waals surface area (Å²) in [5.41, 5.74) is 7.28. The van der Waals surface area contributed by atoms with Crippen LogP contribution in [0.4, 0.5) is 0 Å². The molecule has 130 valence electrons. The molecule has 0 amide bonds. The van der Waals surface area contributed by atoms with Gasteiger partial charge in [0.05, 0.1) is 0 Å². The number of carboxylic acid groups (broad SMARTS) is 1. The second-order valence-electron chi connectivity index (χ2n) is 5.44. The van der Waals surface area contributed by atoms with Crippen molar-refractivity contribution in [3.8, 4) is 0 Å². The predicted molar refractivity (Wildman–Crippen MR) is 85.8 cm³/mol. The molecule has 1 heterocycles. The summed E-state index contributed by atoms with van der Waals surface area (Å²) >= 11 is 0. The third-order valence-corrected chi connectivity index (χ3v) is 5.14. The van der Waals surface area contributed by atoms with Crippen molar-refractivity contribution >= 4 is 16.0 Å². The van der Waals surface area contributed by atoms with E-state index in [9.17, 15) is 13.2 Å². The monoisotopic (exact) mass is 353 g/mol. The van der Waals surface area contributed by atoms with Gasteiger partial charge in [0.15, 0.2) is 5.76 Å². The van der Waals surface area contributed by atoms with E-state index in [0.29, 0.717) is 5.69 Å². The zero-order valence-corrected chi connectivity index (χ0v) is 14.1. The molecule has 0 fully saturated rings. The lowest BCUT2D eigenvalue weighted by Gasteiger charge is -2.09. The maximum Gasteiger partial charge on any atom is 0.320 e. The van der Waals surface area contributed by atoms with E-state index in [4.69, 9.17) is 15.4 Å². The van der Waals surface area contributed by atoms with Crippen LogP contribution in [-0.2, 0) is 27.8 Å². The van der Waals surface area contributed by atoms with Crippen molar-refractivity contribution in [2.75, 3.05) is 0 Å². The van der Waals surface area contributed by atoms with Crippen molar-refractivity contribution in [3.63, 3.8) is 0 Å². The van der Waals surface area contributed by atoms with Gasteiger partial charge in [0.25, 0.3) is 0 Å². The summed E-state index contributed by atoms with van der Waals surface area (Å²) in [4.78, 5) is 10.8. The third kappa shape index (κ3) is 4.19. The van der Waals surface area contributed by atoms with Gasteiger partial charge in [-0.05, 0) is 31.4 Å². The fourth-order valence-corrected chi connectivity index (χ4v) is 3.59. The number of aromatic nitrogens is 1. The Hall–Kier alpha value is -2.23. The molecule has 4 N–H and O–H groups in total. The minimum atomic E-state index is -3.72. The molecule has 0 aliphatic carbocycles. The summed E-state index contributed by atoms with van der Waals surface area (Å²) in [5, 5.41) is 12.4. The number of nitrogens with one attached hydrogen (secondary N) is 1. The Morgan fingerprint density at radius 2 is 1.88 bits per heavy atom. The zero-order chi connectivity index (χ0) is 17.9. The van der Waals surface area contributed by atoms with Crippen LogP contribution in [0.25, 0.3) is 0 Å². The van der Waals surface area contributed by atoms with Crippen molar-refractivity contribution in [1.82, 2.24) is 9.88 Å². The number of sulfonamides is 1. The summed E-state index contributed by atoms with van der Waals surface area (Å²) in [6, 6.07) is 5.93. The third-order valence-electron chi connectivity index (χ3n) is 3.50. The molecule has 2 aromatic rings. The number of aryl methyl sites for hydroxylation is 2. The normalized spacial score (nSPS) is 13.0. The lowest BCUT2D eigenvalue weighted by molar-refractivity contribution is -0.138. The van der Waals surface area contributed by atoms with Gasteiger partial charge in [-0.3, -0.25) is 4.79 Å². The molecule has 0 saturated heterocycles. The number of nitrogens with two attached hydrogens (primary N) is 1. The van der Waals surface area contributed by atoms with Crippen LogP contribution >= 0.6 is 0 Å². The first-order valence-electron chi connectivity index (χ1n) is 7.19. The smallest absolute Gasteiger partial charge is 0.320 e. The van der Waals surface area contributed by atoms with Gasteiger partial charge in [0, 0.05) is 6.54 Å². The van der Waals surface area contributed by atoms with E-state index in [2.05, 4.69) is 9.88 Å². The van der Waals surface area contributed by atoms with Crippen LogP contribution in [0.15, 0.2) is 33.7 Å². The summed E-state index contributed by atoms with van der Waals surface area (Å²) in [6.07, 6.45) is 0.209. The molecule has 9 heteroatoms. The number of rotatable bonds is 7. The number of carbonyl (C=O) groups is 1. The van der Waals surface area contributed by atoms with Crippen molar-refractivity contribution in [2.45, 2.75) is 37.8 Å². The molecular weight excluding hydrogens is 334 g/mol. The second kappa shape index (κ2) is 7.12. The first-order chi connectivity index (χ1) is 11.2. The Morgan fingerprint density at radius 3 is 2.38 bits per heavy atom. The molecule has 8 nitrogen and oxygen atoms in total. The molecule has 24 heavy (non-hydrogen) atoms. The van der Waals surface area contributed by atoms with Crippen molar-refractivity contribution < 1.29 is 22.8 Å². The van der Waals surface area contributed by atoms with E-state index in [1.54, 1.807) is 31.2 Å². The number of nitrogens with zero attached hydrogens (tertiary/aromatic N) is 1. The van der Waals surface area contributed by atoms with Gasteiger partial charge in [-0.15, -0.1) is 0 Å². The minimum absolute atomic E-state index is 0.0477. The van der Waals surface area contributed by atoms with E-state index >= 15 is 0 Å². The van der Waals surface area contributed by atoms with Crippen LogP contribution in [0.3, 0.4) is 0 Å². The van der Waals surface area contributed by atoms with Crippen LogP contribution in [0, 0.1) is 13.8 Å². The molecule has 0 spiro atoms. The molecule has 0 bridgehead atoms. The lowest BCUT2D eigenvalue weighted by Crippen LogP contribution is -2.32. The minimum Gasteiger partial charge on any atom is -0.480 e. The van der Waals surface area contributed by atoms with Crippen molar-refractivity contribution in [1.29, 1.82) is 0 Å². The molecular formula is C15H19N3O5S. The highest BCUT2D eigenvalue weighted by Gasteiger charge is 2.23. The van der Waals surface area contributed by atoms with Crippen molar-refractivity contribution in [2.24, 2.45) is 5.73 Å². The molecule has 0 aliphatic rings. The maximum atomic E-state index is 12.3. The molecule has 0 radical (unpaired) electrons. The predicted octanol–water partition coefficient (Wildman–Crippen LogP) is 0.724. The van der Waals surface area contributed by atoms with E-state index in [1.165, 1.54) is 6.92 Å². The average Bonchev–Trinajstić information content (AvgIpc) is 2.86. The fraction of sp³-hybridized carbons (Fsp3) is 0.333. The molecule has 0 saturated carbocycles. The number of hydrogen-bond acceptors (Lipinski definition) is 6. The highest BCUT2D eigenvalue weighted by Crippen LogP contribution is 2.19. The largest absolute Gasteiger partial charge is 0.480 e. The first-order valence-corrected chi connectivity index (χ1v) is 8.68. The molecule has 0 aliphatic heterocycles. The lowest BCUT2D eigenvalue weighted by atomic mass is 10.0. The summed E-state index contributed by atoms with van der Waals surface area (Å²) in [6.45, 7) is 3.19. The second-order valence-corrected chi connectivity index (χ2v) is 7.15. The number of aliphatic carboxylic acids is 1. The van der Waals surface area contributed by atoms with Crippen LogP contribution in [-0.4, -0.2) is 30.7 Å². The van der Waals surface area contributed by atoms with E-state index in [-0.39, 0.29) is 23.6 Å². The van der Waals surface area contributed by atoms with Gasteiger partial charge < -0.3 is 15.4 Å². The standard InChI is InChI=1S/C15H19N3O5S/c1-9-14(10(2)23-18-9)24(21,22)17-8-12-5-3-11(4-6-12)7-13(16)15(19)20/h3-6,13,17H,7-8,16H2,1-2H3,(H,19,20). The summed E-state index contributed by atoms with van der Waals surface area (Å²) in [5.74, 6) is -0.829. The van der Waals surface area contributed by atoms with Crippen LogP contribution in [0.1, 0.15) is 22.6 Å². The van der Waals surface area contributed by atoms with Gasteiger partial charge in [-0.2, -0.15) is 0 Å². The summed E-state index contributed by atoms with van der Waals surface area (Å²) < 4.78 is 32.0. The highest BCUT2D eigenvalue weighted by molar-refractivity contribution is 7.89. The quantitative estimate of drug-likeness (QED) is 0.667. The summed E-state index contributed by atoms with van der Waals surface area (Å²) in [7, 11) is -3.72. The van der Waals surface area contributed by atoms with E-state index < -0.39 is 22.0 Å². The Balaban J connectivity index is 2.03. The molecule has 1 aromatic heterocycles. The number of carboxylic acids is 1. The Bertz CT molecular complexity index is 808. The average molecular weight is 353 g/mol. The fourth-order valence-electron chi connectivity index (χ4n) is 2.24. The molecule has 1 aromatic carbocycles. The van der Waals surface area contributed by atoms with E-state index in [0.717, 1.165) is 11.1 Å². The topological polar surface area (TPSA) is 136 Å². The Kier molecular flexibility index (Phi) is 5.37. The Labute approximate surface area is 139 Å².